The average molecular weight is 275 g/mol. The molecule has 0 aliphatic rings. The van der Waals surface area contributed by atoms with Gasteiger partial charge in [-0.2, -0.15) is 0 Å². The molecule has 0 radical (unpaired) electrons. The maximum Gasteiger partial charge on any atom is 0.220 e. The molecule has 0 atom stereocenters. The molecule has 0 aliphatic heterocycles. The van der Waals surface area contributed by atoms with E-state index in [0.717, 1.165) is 12.1 Å². The van der Waals surface area contributed by atoms with Crippen molar-refractivity contribution >= 4 is 5.91 Å². The number of carbonyl (C=O) groups excluding carboxylic acids is 1. The van der Waals surface area contributed by atoms with Crippen LogP contribution in [0.1, 0.15) is 31.4 Å². The van der Waals surface area contributed by atoms with Crippen molar-refractivity contribution in [3.8, 4) is 0 Å². The molecular weight excluding hydrogens is 254 g/mol. The van der Waals surface area contributed by atoms with Crippen molar-refractivity contribution in [3.63, 3.8) is 0 Å². The van der Waals surface area contributed by atoms with Crippen molar-refractivity contribution < 1.29 is 4.79 Å². The fraction of sp³-hybridized carbons (Fsp3) is 0.500. The Morgan fingerprint density at radius 1 is 1.25 bits per heavy atom. The molecule has 1 aromatic carbocycles. The maximum absolute atomic E-state index is 11.8. The van der Waals surface area contributed by atoms with Gasteiger partial charge in [0, 0.05) is 24.4 Å². The molecule has 0 saturated carbocycles. The molecule has 6 nitrogen and oxygen atoms in total. The summed E-state index contributed by atoms with van der Waals surface area (Å²) in [5, 5.41) is 9.51. The van der Waals surface area contributed by atoms with Crippen LogP contribution in [0.3, 0.4) is 0 Å². The topological polar surface area (TPSA) is 89.9 Å². The number of nitrogens with one attached hydrogen (secondary N) is 2. The Hall–Kier alpha value is -2.04. The molecule has 0 aromatic heterocycles. The van der Waals surface area contributed by atoms with Crippen LogP contribution < -0.4 is 10.6 Å². The molecule has 0 fully saturated rings. The van der Waals surface area contributed by atoms with Gasteiger partial charge in [-0.3, -0.25) is 4.79 Å². The number of azide groups is 1. The quantitative estimate of drug-likeness (QED) is 0.455. The lowest BCUT2D eigenvalue weighted by Gasteiger charge is -2.16. The van der Waals surface area contributed by atoms with Gasteiger partial charge in [-0.05, 0) is 23.7 Å². The fourth-order valence-electron chi connectivity index (χ4n) is 1.79. The summed E-state index contributed by atoms with van der Waals surface area (Å²) >= 11 is 0. The molecule has 0 saturated heterocycles. The normalized spacial score (nSPS) is 10.8. The molecule has 1 amide bonds. The summed E-state index contributed by atoms with van der Waals surface area (Å²) in [5.74, 6) is -0.123. The highest BCUT2D eigenvalue weighted by Crippen LogP contribution is 2.14. The van der Waals surface area contributed by atoms with E-state index < -0.39 is 5.54 Å². The van der Waals surface area contributed by atoms with Gasteiger partial charge in [0.1, 0.15) is 0 Å². The van der Waals surface area contributed by atoms with Gasteiger partial charge in [0.05, 0.1) is 5.54 Å². The number of nitrogens with zero attached hydrogens (tertiary/aromatic N) is 3. The van der Waals surface area contributed by atoms with Crippen molar-refractivity contribution in [2.24, 2.45) is 5.11 Å². The zero-order valence-corrected chi connectivity index (χ0v) is 12.2. The highest BCUT2D eigenvalue weighted by Gasteiger charge is 2.19. The minimum Gasteiger partial charge on any atom is -0.352 e. The van der Waals surface area contributed by atoms with Crippen LogP contribution in [0.4, 0.5) is 0 Å². The predicted octanol–water partition coefficient (Wildman–Crippen LogP) is 2.50. The van der Waals surface area contributed by atoms with Gasteiger partial charge in [-0.15, -0.1) is 0 Å². The first kappa shape index (κ1) is 16.0. The standard InChI is InChI=1S/C14H21N5O/c1-14(2,18-19-15)8-13(20)17-10-12-6-4-11(5-7-12)9-16-3/h4-7,16H,8-10H2,1-3H3,(H,17,20). The molecule has 0 heterocycles. The van der Waals surface area contributed by atoms with Gasteiger partial charge in [-0.1, -0.05) is 43.2 Å². The van der Waals surface area contributed by atoms with E-state index in [2.05, 4.69) is 20.7 Å². The molecule has 6 heteroatoms. The first-order chi connectivity index (χ1) is 9.46. The van der Waals surface area contributed by atoms with Crippen LogP contribution in [0.5, 0.6) is 0 Å². The van der Waals surface area contributed by atoms with Crippen LogP contribution in [-0.4, -0.2) is 18.5 Å². The van der Waals surface area contributed by atoms with Crippen LogP contribution in [0.15, 0.2) is 29.4 Å². The molecule has 1 rings (SSSR count). The monoisotopic (exact) mass is 275 g/mol. The summed E-state index contributed by atoms with van der Waals surface area (Å²) in [6, 6.07) is 8.04. The lowest BCUT2D eigenvalue weighted by atomic mass is 10.0. The predicted molar refractivity (Wildman–Crippen MR) is 78.9 cm³/mol. The number of rotatable bonds is 7. The smallest absolute Gasteiger partial charge is 0.220 e. The zero-order valence-electron chi connectivity index (χ0n) is 12.2. The molecule has 2 N–H and O–H groups in total. The number of carbonyl (C=O) groups is 1. The SMILES string of the molecule is CNCc1ccc(CNC(=O)CC(C)(C)N=[N+]=[N-])cc1. The van der Waals surface area contributed by atoms with Crippen LogP contribution in [0.25, 0.3) is 10.4 Å². The minimum atomic E-state index is -0.699. The van der Waals surface area contributed by atoms with Crippen molar-refractivity contribution in [1.29, 1.82) is 0 Å². The summed E-state index contributed by atoms with van der Waals surface area (Å²) < 4.78 is 0. The molecule has 0 unspecified atom stereocenters. The second kappa shape index (κ2) is 7.53. The van der Waals surface area contributed by atoms with E-state index in [4.69, 9.17) is 5.53 Å². The Labute approximate surface area is 119 Å². The van der Waals surface area contributed by atoms with E-state index in [9.17, 15) is 4.79 Å². The Morgan fingerprint density at radius 3 is 2.30 bits per heavy atom. The average Bonchev–Trinajstić information content (AvgIpc) is 2.37. The summed E-state index contributed by atoms with van der Waals surface area (Å²) in [6.07, 6.45) is 0.175. The van der Waals surface area contributed by atoms with Gasteiger partial charge < -0.3 is 10.6 Å². The van der Waals surface area contributed by atoms with Gasteiger partial charge >= 0.3 is 0 Å². The van der Waals surface area contributed by atoms with E-state index in [1.807, 2.05) is 31.3 Å². The van der Waals surface area contributed by atoms with Gasteiger partial charge in [-0.25, -0.2) is 0 Å². The third-order valence-corrected chi connectivity index (χ3v) is 2.80. The van der Waals surface area contributed by atoms with Crippen LogP contribution in [-0.2, 0) is 17.9 Å². The highest BCUT2D eigenvalue weighted by atomic mass is 16.1. The fourth-order valence-corrected chi connectivity index (χ4v) is 1.79. The largest absolute Gasteiger partial charge is 0.352 e. The highest BCUT2D eigenvalue weighted by molar-refractivity contribution is 5.77. The van der Waals surface area contributed by atoms with Crippen LogP contribution in [0, 0.1) is 0 Å². The van der Waals surface area contributed by atoms with Crippen LogP contribution >= 0.6 is 0 Å². The Bertz CT molecular complexity index is 489. The summed E-state index contributed by atoms with van der Waals surface area (Å²) in [4.78, 5) is 14.5. The second-order valence-electron chi connectivity index (χ2n) is 5.30. The van der Waals surface area contributed by atoms with Crippen molar-refractivity contribution in [2.45, 2.75) is 38.9 Å². The van der Waals surface area contributed by atoms with Crippen molar-refractivity contribution in [1.82, 2.24) is 10.6 Å². The lowest BCUT2D eigenvalue weighted by Crippen LogP contribution is -2.30. The zero-order chi connectivity index (χ0) is 15.0. The van der Waals surface area contributed by atoms with E-state index in [0.29, 0.717) is 6.54 Å². The Balaban J connectivity index is 2.46. The van der Waals surface area contributed by atoms with E-state index >= 15 is 0 Å². The molecule has 1 aromatic rings. The lowest BCUT2D eigenvalue weighted by molar-refractivity contribution is -0.122. The number of benzene rings is 1. The summed E-state index contributed by atoms with van der Waals surface area (Å²) in [7, 11) is 1.90. The first-order valence-corrected chi connectivity index (χ1v) is 6.52. The molecule has 108 valence electrons. The third-order valence-electron chi connectivity index (χ3n) is 2.80. The van der Waals surface area contributed by atoms with Crippen molar-refractivity contribution in [2.75, 3.05) is 7.05 Å². The summed E-state index contributed by atoms with van der Waals surface area (Å²) in [6.45, 7) is 4.77. The molecular formula is C14H21N5O. The minimum absolute atomic E-state index is 0.123. The number of amides is 1. The van der Waals surface area contributed by atoms with Gasteiger partial charge in [0.25, 0.3) is 0 Å². The summed E-state index contributed by atoms with van der Waals surface area (Å²) in [5.41, 5.74) is 9.96. The molecule has 0 aliphatic carbocycles. The molecule has 20 heavy (non-hydrogen) atoms. The van der Waals surface area contributed by atoms with Crippen LogP contribution in [0.2, 0.25) is 0 Å². The van der Waals surface area contributed by atoms with Gasteiger partial charge in [0.15, 0.2) is 0 Å². The second-order valence-corrected chi connectivity index (χ2v) is 5.30. The van der Waals surface area contributed by atoms with E-state index in [-0.39, 0.29) is 12.3 Å². The van der Waals surface area contributed by atoms with E-state index in [1.54, 1.807) is 13.8 Å². The Kier molecular flexibility index (Phi) is 6.03. The first-order valence-electron chi connectivity index (χ1n) is 6.52. The van der Waals surface area contributed by atoms with Gasteiger partial charge in [0.2, 0.25) is 5.91 Å². The molecule has 0 bridgehead atoms. The third kappa shape index (κ3) is 5.73. The van der Waals surface area contributed by atoms with Crippen molar-refractivity contribution in [3.05, 3.63) is 45.8 Å². The Morgan fingerprint density at radius 2 is 1.80 bits per heavy atom. The number of hydrogen-bond acceptors (Lipinski definition) is 3. The number of hydrogen-bond donors (Lipinski definition) is 2. The van der Waals surface area contributed by atoms with E-state index in [1.165, 1.54) is 5.56 Å². The maximum atomic E-state index is 11.8. The molecule has 0 spiro atoms.